The summed E-state index contributed by atoms with van der Waals surface area (Å²) in [5.41, 5.74) is 0.848. The molecule has 0 aliphatic carbocycles. The quantitative estimate of drug-likeness (QED) is 0.676. The highest BCUT2D eigenvalue weighted by Gasteiger charge is 2.38. The van der Waals surface area contributed by atoms with E-state index in [2.05, 4.69) is 13.8 Å². The van der Waals surface area contributed by atoms with Crippen molar-refractivity contribution in [2.75, 3.05) is 13.9 Å². The maximum atomic E-state index is 11.7. The van der Waals surface area contributed by atoms with Crippen LogP contribution < -0.4 is 4.74 Å². The molecule has 0 heterocycles. The summed E-state index contributed by atoms with van der Waals surface area (Å²) in [5, 5.41) is 11.7. The number of benzene rings is 2. The summed E-state index contributed by atoms with van der Waals surface area (Å²) in [5.74, 6) is 0.898. The summed E-state index contributed by atoms with van der Waals surface area (Å²) in [6.07, 6.45) is 2.94. The Morgan fingerprint density at radius 2 is 1.58 bits per heavy atom. The number of ether oxygens (including phenoxy) is 2. The zero-order valence-electron chi connectivity index (χ0n) is 14.9. The highest BCUT2D eigenvalue weighted by molar-refractivity contribution is 5.39. The Kier molecular flexibility index (Phi) is 6.83. The highest BCUT2D eigenvalue weighted by Crippen LogP contribution is 2.41. The molecule has 0 aliphatic heterocycles. The minimum absolute atomic E-state index is 0.163. The summed E-state index contributed by atoms with van der Waals surface area (Å²) in [6.45, 7) is 4.52. The molecule has 0 aromatic heterocycles. The Balaban J connectivity index is 2.42. The summed E-state index contributed by atoms with van der Waals surface area (Å²) >= 11 is 0. The molecule has 2 aromatic rings. The lowest BCUT2D eigenvalue weighted by Gasteiger charge is -2.37. The van der Waals surface area contributed by atoms with E-state index in [-0.39, 0.29) is 12.7 Å². The van der Waals surface area contributed by atoms with Gasteiger partial charge in [0.1, 0.15) is 11.4 Å². The molecule has 130 valence electrons. The molecule has 0 radical (unpaired) electrons. The molecule has 2 atom stereocenters. The number of aliphatic hydroxyl groups is 1. The van der Waals surface area contributed by atoms with Crippen LogP contribution in [0, 0.1) is 5.92 Å². The summed E-state index contributed by atoms with van der Waals surface area (Å²) in [4.78, 5) is 0. The molecule has 3 heteroatoms. The minimum atomic E-state index is -0.994. The van der Waals surface area contributed by atoms with Crippen molar-refractivity contribution in [3.8, 4) is 5.75 Å². The van der Waals surface area contributed by atoms with Gasteiger partial charge < -0.3 is 14.6 Å². The van der Waals surface area contributed by atoms with Crippen LogP contribution in [0.3, 0.4) is 0 Å². The van der Waals surface area contributed by atoms with Crippen LogP contribution >= 0.6 is 0 Å². The molecule has 1 N–H and O–H groups in total. The second-order valence-electron chi connectivity index (χ2n) is 6.10. The molecular weight excluding hydrogens is 300 g/mol. The predicted molar refractivity (Wildman–Crippen MR) is 97.1 cm³/mol. The molecular formula is C21H28O3. The average molecular weight is 328 g/mol. The Bertz CT molecular complexity index is 594. The van der Waals surface area contributed by atoms with E-state index >= 15 is 0 Å². The molecule has 24 heavy (non-hydrogen) atoms. The van der Waals surface area contributed by atoms with Crippen molar-refractivity contribution in [2.24, 2.45) is 5.92 Å². The largest absolute Gasteiger partial charge is 0.468 e. The maximum absolute atomic E-state index is 11.7. The normalized spacial score (nSPS) is 14.8. The zero-order chi connectivity index (χ0) is 17.4. The van der Waals surface area contributed by atoms with E-state index in [4.69, 9.17) is 9.47 Å². The van der Waals surface area contributed by atoms with Gasteiger partial charge in [-0.2, -0.15) is 0 Å². The molecule has 2 rings (SSSR count). The smallest absolute Gasteiger partial charge is 0.188 e. The monoisotopic (exact) mass is 328 g/mol. The van der Waals surface area contributed by atoms with Crippen molar-refractivity contribution in [3.63, 3.8) is 0 Å². The van der Waals surface area contributed by atoms with Crippen LogP contribution in [-0.4, -0.2) is 19.0 Å². The first-order valence-electron chi connectivity index (χ1n) is 8.66. The first-order chi connectivity index (χ1) is 11.7. The molecule has 0 saturated carbocycles. The molecule has 0 bridgehead atoms. The Hall–Kier alpha value is -1.84. The molecule has 2 aromatic carbocycles. The molecule has 0 saturated heterocycles. The lowest BCUT2D eigenvalue weighted by Crippen LogP contribution is -2.36. The molecule has 0 spiro atoms. The lowest BCUT2D eigenvalue weighted by molar-refractivity contribution is 0.00965. The lowest BCUT2D eigenvalue weighted by atomic mass is 9.73. The summed E-state index contributed by atoms with van der Waals surface area (Å²) in [6, 6.07) is 17.6. The van der Waals surface area contributed by atoms with Crippen molar-refractivity contribution in [1.29, 1.82) is 0 Å². The van der Waals surface area contributed by atoms with Gasteiger partial charge in [0, 0.05) is 7.11 Å². The van der Waals surface area contributed by atoms with E-state index in [0.29, 0.717) is 0 Å². The maximum Gasteiger partial charge on any atom is 0.188 e. The Morgan fingerprint density at radius 1 is 0.958 bits per heavy atom. The topological polar surface area (TPSA) is 38.7 Å². The fourth-order valence-electron chi connectivity index (χ4n) is 3.32. The second kappa shape index (κ2) is 8.86. The van der Waals surface area contributed by atoms with Crippen LogP contribution in [0.1, 0.15) is 44.2 Å². The third kappa shape index (κ3) is 3.97. The van der Waals surface area contributed by atoms with Crippen molar-refractivity contribution in [1.82, 2.24) is 0 Å². The average Bonchev–Trinajstić information content (AvgIpc) is 2.65. The van der Waals surface area contributed by atoms with E-state index in [9.17, 15) is 5.11 Å². The van der Waals surface area contributed by atoms with Crippen LogP contribution in [0.4, 0.5) is 0 Å². The fourth-order valence-corrected chi connectivity index (χ4v) is 3.32. The van der Waals surface area contributed by atoms with Crippen molar-refractivity contribution in [2.45, 2.75) is 38.7 Å². The van der Waals surface area contributed by atoms with E-state index in [0.717, 1.165) is 36.1 Å². The van der Waals surface area contributed by atoms with Crippen molar-refractivity contribution < 1.29 is 14.6 Å². The Morgan fingerprint density at radius 3 is 2.12 bits per heavy atom. The Labute approximate surface area is 145 Å². The molecule has 0 aliphatic rings. The number of hydrogen-bond acceptors (Lipinski definition) is 3. The van der Waals surface area contributed by atoms with Crippen molar-refractivity contribution in [3.05, 3.63) is 65.7 Å². The fraction of sp³-hybridized carbons (Fsp3) is 0.429. The minimum Gasteiger partial charge on any atom is -0.468 e. The highest BCUT2D eigenvalue weighted by atomic mass is 16.7. The number of methoxy groups -OCH3 is 1. The van der Waals surface area contributed by atoms with Crippen LogP contribution in [-0.2, 0) is 10.3 Å². The van der Waals surface area contributed by atoms with Gasteiger partial charge in [0.15, 0.2) is 6.79 Å². The van der Waals surface area contributed by atoms with Gasteiger partial charge in [0.05, 0.1) is 0 Å². The first-order valence-corrected chi connectivity index (χ1v) is 8.66. The standard InChI is InChI=1S/C21H28O3/c1-4-9-17(5-2)21(22,18-10-7-6-8-11-18)19-12-14-20(15-13-19)24-16-23-3/h6-8,10-15,17,22H,4-5,9,16H2,1-3H3/t17-,21+/m0/s1. The number of hydrogen-bond donors (Lipinski definition) is 1. The SMILES string of the molecule is CCC[C@H](CC)[C@@](O)(c1ccccc1)c1ccc(OCOC)cc1. The van der Waals surface area contributed by atoms with E-state index in [1.54, 1.807) is 7.11 Å². The second-order valence-corrected chi connectivity index (χ2v) is 6.10. The number of rotatable bonds is 9. The van der Waals surface area contributed by atoms with Crippen LogP contribution in [0.25, 0.3) is 0 Å². The van der Waals surface area contributed by atoms with Crippen molar-refractivity contribution >= 4 is 0 Å². The third-order valence-electron chi connectivity index (χ3n) is 4.57. The van der Waals surface area contributed by atoms with E-state index in [1.165, 1.54) is 0 Å². The molecule has 3 nitrogen and oxygen atoms in total. The summed E-state index contributed by atoms with van der Waals surface area (Å²) < 4.78 is 10.4. The predicted octanol–water partition coefficient (Wildman–Crippen LogP) is 4.73. The van der Waals surface area contributed by atoms with Crippen LogP contribution in [0.15, 0.2) is 54.6 Å². The molecule has 0 unspecified atom stereocenters. The van der Waals surface area contributed by atoms with Gasteiger partial charge in [-0.05, 0) is 42.0 Å². The first kappa shape index (κ1) is 18.5. The molecule has 0 fully saturated rings. The molecule has 0 amide bonds. The van der Waals surface area contributed by atoms with E-state index in [1.807, 2.05) is 54.6 Å². The third-order valence-corrected chi connectivity index (χ3v) is 4.57. The van der Waals surface area contributed by atoms with E-state index < -0.39 is 5.60 Å². The van der Waals surface area contributed by atoms with Gasteiger partial charge in [-0.25, -0.2) is 0 Å². The van der Waals surface area contributed by atoms with Gasteiger partial charge in [-0.15, -0.1) is 0 Å². The van der Waals surface area contributed by atoms with Gasteiger partial charge >= 0.3 is 0 Å². The van der Waals surface area contributed by atoms with Crippen LogP contribution in [0.5, 0.6) is 5.75 Å². The van der Waals surface area contributed by atoms with Gasteiger partial charge in [0.2, 0.25) is 0 Å². The summed E-state index contributed by atoms with van der Waals surface area (Å²) in [7, 11) is 1.60. The van der Waals surface area contributed by atoms with Gasteiger partial charge in [0.25, 0.3) is 0 Å². The van der Waals surface area contributed by atoms with Gasteiger partial charge in [-0.3, -0.25) is 0 Å². The van der Waals surface area contributed by atoms with Gasteiger partial charge in [-0.1, -0.05) is 62.7 Å². The zero-order valence-corrected chi connectivity index (χ0v) is 14.9. The van der Waals surface area contributed by atoms with Crippen LogP contribution in [0.2, 0.25) is 0 Å².